The lowest BCUT2D eigenvalue weighted by Crippen LogP contribution is -2.24. The quantitative estimate of drug-likeness (QED) is 0.864. The maximum atomic E-state index is 12.3. The molecule has 136 valence electrons. The lowest BCUT2D eigenvalue weighted by atomic mass is 9.83. The number of rotatable bonds is 2. The minimum Gasteiger partial charge on any atom is -0.508 e. The van der Waals surface area contributed by atoms with Gasteiger partial charge in [-0.25, -0.2) is 0 Å². The molecule has 1 amide bonds. The van der Waals surface area contributed by atoms with Gasteiger partial charge in [0.05, 0.1) is 20.3 Å². The van der Waals surface area contributed by atoms with Gasteiger partial charge >= 0.3 is 0 Å². The fraction of sp³-hybridized carbons (Fsp3) is 0.350. The molecule has 0 radical (unpaired) electrons. The van der Waals surface area contributed by atoms with E-state index in [9.17, 15) is 9.90 Å². The van der Waals surface area contributed by atoms with Crippen LogP contribution in [0.3, 0.4) is 0 Å². The van der Waals surface area contributed by atoms with E-state index in [2.05, 4.69) is 5.32 Å². The van der Waals surface area contributed by atoms with E-state index in [-0.39, 0.29) is 17.6 Å². The molecule has 0 saturated heterocycles. The molecule has 1 atom stereocenters. The Bertz CT molecular complexity index is 877. The van der Waals surface area contributed by atoms with Gasteiger partial charge in [0.15, 0.2) is 11.5 Å². The summed E-state index contributed by atoms with van der Waals surface area (Å²) in [7, 11) is 1.61. The predicted octanol–water partition coefficient (Wildman–Crippen LogP) is 3.34. The van der Waals surface area contributed by atoms with Crippen molar-refractivity contribution in [2.24, 2.45) is 0 Å². The first-order valence-corrected chi connectivity index (χ1v) is 8.67. The number of methoxy groups -OCH3 is 1. The molecule has 2 heterocycles. The van der Waals surface area contributed by atoms with E-state index in [1.807, 2.05) is 25.1 Å². The first-order chi connectivity index (χ1) is 12.6. The average Bonchev–Trinajstić information content (AvgIpc) is 2.86. The fourth-order valence-corrected chi connectivity index (χ4v) is 3.54. The summed E-state index contributed by atoms with van der Waals surface area (Å²) in [5.41, 5.74) is 3.22. The van der Waals surface area contributed by atoms with E-state index in [0.29, 0.717) is 42.6 Å². The van der Waals surface area contributed by atoms with E-state index >= 15 is 0 Å². The minimum absolute atomic E-state index is 0.0973. The van der Waals surface area contributed by atoms with Gasteiger partial charge in [0, 0.05) is 42.1 Å². The first-order valence-electron chi connectivity index (χ1n) is 8.67. The molecule has 2 aliphatic heterocycles. The largest absolute Gasteiger partial charge is 0.508 e. The van der Waals surface area contributed by atoms with Crippen LogP contribution in [0.2, 0.25) is 0 Å². The van der Waals surface area contributed by atoms with E-state index < -0.39 is 0 Å². The van der Waals surface area contributed by atoms with Crippen LogP contribution in [0.15, 0.2) is 24.3 Å². The van der Waals surface area contributed by atoms with Crippen LogP contribution >= 0.6 is 0 Å². The van der Waals surface area contributed by atoms with Crippen LogP contribution in [-0.4, -0.2) is 31.3 Å². The first kappa shape index (κ1) is 16.6. The number of phenolic OH excluding ortho intramolecular Hbond substituents is 1. The Balaban J connectivity index is 1.86. The lowest BCUT2D eigenvalue weighted by Gasteiger charge is -2.28. The molecule has 0 saturated carbocycles. The SMILES string of the molecule is COc1cc2c(cc1[C@H]1CC(=O)Nc3cc(O)c(C)cc31)OCCCO2. The zero-order chi connectivity index (χ0) is 18.3. The number of carbonyl (C=O) groups excluding carboxylic acids is 1. The molecular weight excluding hydrogens is 334 g/mol. The van der Waals surface area contributed by atoms with Crippen molar-refractivity contribution in [2.75, 3.05) is 25.6 Å². The van der Waals surface area contributed by atoms with Crippen LogP contribution in [0.4, 0.5) is 5.69 Å². The van der Waals surface area contributed by atoms with Crippen LogP contribution in [0.1, 0.15) is 35.4 Å². The molecule has 2 N–H and O–H groups in total. The zero-order valence-electron chi connectivity index (χ0n) is 14.8. The molecule has 6 heteroatoms. The minimum atomic E-state index is -0.190. The van der Waals surface area contributed by atoms with Crippen molar-refractivity contribution in [1.82, 2.24) is 0 Å². The van der Waals surface area contributed by atoms with Crippen molar-refractivity contribution in [2.45, 2.75) is 25.7 Å². The number of aryl methyl sites for hydroxylation is 1. The number of hydrogen-bond acceptors (Lipinski definition) is 5. The summed E-state index contributed by atoms with van der Waals surface area (Å²) in [6, 6.07) is 7.26. The fourth-order valence-electron chi connectivity index (χ4n) is 3.54. The third-order valence-electron chi connectivity index (χ3n) is 4.88. The Hall–Kier alpha value is -2.89. The summed E-state index contributed by atoms with van der Waals surface area (Å²) >= 11 is 0. The maximum absolute atomic E-state index is 12.3. The highest BCUT2D eigenvalue weighted by molar-refractivity contribution is 5.96. The number of carbonyl (C=O) groups is 1. The van der Waals surface area contributed by atoms with Crippen molar-refractivity contribution in [3.05, 3.63) is 41.0 Å². The molecule has 0 aromatic heterocycles. The molecule has 0 fully saturated rings. The van der Waals surface area contributed by atoms with Crippen LogP contribution in [-0.2, 0) is 4.79 Å². The summed E-state index contributed by atoms with van der Waals surface area (Å²) in [6.45, 7) is 3.03. The van der Waals surface area contributed by atoms with Gasteiger partial charge in [-0.3, -0.25) is 4.79 Å². The van der Waals surface area contributed by atoms with Crippen LogP contribution < -0.4 is 19.5 Å². The Labute approximate surface area is 151 Å². The van der Waals surface area contributed by atoms with Crippen molar-refractivity contribution < 1.29 is 24.1 Å². The molecule has 0 bridgehead atoms. The van der Waals surface area contributed by atoms with Crippen molar-refractivity contribution in [3.8, 4) is 23.0 Å². The normalized spacial score (nSPS) is 18.5. The second-order valence-electron chi connectivity index (χ2n) is 6.62. The van der Waals surface area contributed by atoms with Gasteiger partial charge in [-0.05, 0) is 30.2 Å². The summed E-state index contributed by atoms with van der Waals surface area (Å²) < 4.78 is 17.2. The van der Waals surface area contributed by atoms with E-state index in [4.69, 9.17) is 14.2 Å². The van der Waals surface area contributed by atoms with E-state index in [1.54, 1.807) is 13.2 Å². The summed E-state index contributed by atoms with van der Waals surface area (Å²) in [6.07, 6.45) is 1.12. The Morgan fingerprint density at radius 1 is 1.12 bits per heavy atom. The Morgan fingerprint density at radius 3 is 2.58 bits per heavy atom. The molecule has 4 rings (SSSR count). The highest BCUT2D eigenvalue weighted by atomic mass is 16.5. The van der Waals surface area contributed by atoms with Gasteiger partial charge in [0.2, 0.25) is 5.91 Å². The number of fused-ring (bicyclic) bond motifs is 2. The van der Waals surface area contributed by atoms with Crippen molar-refractivity contribution in [3.63, 3.8) is 0 Å². The predicted molar refractivity (Wildman–Crippen MR) is 96.5 cm³/mol. The summed E-state index contributed by atoms with van der Waals surface area (Å²) in [5.74, 6) is 1.86. The summed E-state index contributed by atoms with van der Waals surface area (Å²) in [5, 5.41) is 12.8. The Morgan fingerprint density at radius 2 is 1.85 bits per heavy atom. The average molecular weight is 355 g/mol. The van der Waals surface area contributed by atoms with Crippen molar-refractivity contribution in [1.29, 1.82) is 0 Å². The highest BCUT2D eigenvalue weighted by Gasteiger charge is 2.31. The van der Waals surface area contributed by atoms with Gasteiger partial charge in [0.25, 0.3) is 0 Å². The maximum Gasteiger partial charge on any atom is 0.225 e. The van der Waals surface area contributed by atoms with Gasteiger partial charge in [0.1, 0.15) is 11.5 Å². The second-order valence-corrected chi connectivity index (χ2v) is 6.62. The number of anilines is 1. The molecular formula is C20H21NO5. The third-order valence-corrected chi connectivity index (χ3v) is 4.88. The number of amides is 1. The number of nitrogens with one attached hydrogen (secondary N) is 1. The molecule has 0 spiro atoms. The molecule has 26 heavy (non-hydrogen) atoms. The molecule has 6 nitrogen and oxygen atoms in total. The standard InChI is InChI=1S/C20H21NO5/c1-11-6-13-12(8-20(23)21-15(13)9-16(11)22)14-7-18-19(10-17(14)24-2)26-5-3-4-25-18/h6-7,9-10,12,22H,3-5,8H2,1-2H3,(H,21,23)/t12-/m0/s1. The van der Waals surface area contributed by atoms with E-state index in [1.165, 1.54) is 0 Å². The number of ether oxygens (including phenoxy) is 3. The lowest BCUT2D eigenvalue weighted by molar-refractivity contribution is -0.116. The van der Waals surface area contributed by atoms with Crippen LogP contribution in [0.25, 0.3) is 0 Å². The number of benzene rings is 2. The van der Waals surface area contributed by atoms with E-state index in [0.717, 1.165) is 23.1 Å². The van der Waals surface area contributed by atoms with Crippen LogP contribution in [0.5, 0.6) is 23.0 Å². The Kier molecular flexibility index (Phi) is 4.11. The van der Waals surface area contributed by atoms with Gasteiger partial charge in [-0.2, -0.15) is 0 Å². The number of phenols is 1. The van der Waals surface area contributed by atoms with Crippen LogP contribution in [0, 0.1) is 6.92 Å². The molecule has 0 unspecified atom stereocenters. The molecule has 0 aliphatic carbocycles. The molecule has 2 aromatic carbocycles. The number of hydrogen-bond donors (Lipinski definition) is 2. The smallest absolute Gasteiger partial charge is 0.225 e. The molecule has 2 aromatic rings. The zero-order valence-corrected chi connectivity index (χ0v) is 14.8. The number of aromatic hydroxyl groups is 1. The monoisotopic (exact) mass is 355 g/mol. The van der Waals surface area contributed by atoms with Gasteiger partial charge in [-0.15, -0.1) is 0 Å². The second kappa shape index (κ2) is 6.44. The molecule has 2 aliphatic rings. The van der Waals surface area contributed by atoms with Gasteiger partial charge < -0.3 is 24.6 Å². The topological polar surface area (TPSA) is 77.0 Å². The van der Waals surface area contributed by atoms with Crippen molar-refractivity contribution >= 4 is 11.6 Å². The third kappa shape index (κ3) is 2.81. The summed E-state index contributed by atoms with van der Waals surface area (Å²) in [4.78, 5) is 12.3. The highest BCUT2D eigenvalue weighted by Crippen LogP contribution is 2.46. The van der Waals surface area contributed by atoms with Gasteiger partial charge in [-0.1, -0.05) is 0 Å².